The lowest BCUT2D eigenvalue weighted by Crippen LogP contribution is -2.35. The van der Waals surface area contributed by atoms with E-state index in [-0.39, 0.29) is 5.57 Å². The van der Waals surface area contributed by atoms with Gasteiger partial charge in [0.25, 0.3) is 11.8 Å². The van der Waals surface area contributed by atoms with E-state index in [0.717, 1.165) is 11.1 Å². The number of carbonyl (C=O) groups is 2. The molecule has 1 fully saturated rings. The lowest BCUT2D eigenvalue weighted by Gasteiger charge is -2.14. The Hall–Kier alpha value is -3.77. The van der Waals surface area contributed by atoms with E-state index < -0.39 is 11.8 Å². The Morgan fingerprint density at radius 1 is 0.969 bits per heavy atom. The van der Waals surface area contributed by atoms with Gasteiger partial charge in [-0.3, -0.25) is 15.0 Å². The predicted octanol–water partition coefficient (Wildman–Crippen LogP) is 4.70. The zero-order chi connectivity index (χ0) is 22.7. The van der Waals surface area contributed by atoms with Crippen molar-refractivity contribution in [2.75, 3.05) is 12.1 Å². The number of anilines is 1. The lowest BCUT2D eigenvalue weighted by atomic mass is 10.1. The minimum atomic E-state index is -0.461. The second-order valence-electron chi connectivity index (χ2n) is 7.30. The zero-order valence-electron chi connectivity index (χ0n) is 17.6. The van der Waals surface area contributed by atoms with E-state index in [1.807, 2.05) is 31.2 Å². The fourth-order valence-corrected chi connectivity index (χ4v) is 3.36. The number of nitrogens with one attached hydrogen (secondary N) is 1. The standard InChI is InChI=1S/C25H21ClN2O4/c1-16-3-10-20(11-4-16)28-25(30)21(24(29)27-28)13-18-7-12-22(23(14-18)31-2)32-15-17-5-8-19(26)9-6-17/h3-14H,15H2,1-2H3,(H,27,29). The molecule has 1 aliphatic heterocycles. The van der Waals surface area contributed by atoms with Crippen LogP contribution in [0.25, 0.3) is 6.08 Å². The molecule has 3 aromatic carbocycles. The Morgan fingerprint density at radius 2 is 1.69 bits per heavy atom. The van der Waals surface area contributed by atoms with Gasteiger partial charge in [-0.15, -0.1) is 0 Å². The Kier molecular flexibility index (Phi) is 6.14. The van der Waals surface area contributed by atoms with Crippen molar-refractivity contribution >= 4 is 35.2 Å². The molecule has 0 atom stereocenters. The van der Waals surface area contributed by atoms with E-state index in [2.05, 4.69) is 5.43 Å². The maximum absolute atomic E-state index is 12.8. The van der Waals surface area contributed by atoms with E-state index in [0.29, 0.717) is 34.4 Å². The smallest absolute Gasteiger partial charge is 0.282 e. The van der Waals surface area contributed by atoms with Crippen LogP contribution in [-0.2, 0) is 16.2 Å². The Bertz CT molecular complexity index is 1190. The van der Waals surface area contributed by atoms with Gasteiger partial charge in [0.1, 0.15) is 12.2 Å². The zero-order valence-corrected chi connectivity index (χ0v) is 18.3. The molecule has 162 valence electrons. The van der Waals surface area contributed by atoms with E-state index >= 15 is 0 Å². The third-order valence-electron chi connectivity index (χ3n) is 4.99. The average Bonchev–Trinajstić information content (AvgIpc) is 3.08. The molecule has 6 nitrogen and oxygen atoms in total. The number of carbonyl (C=O) groups excluding carboxylic acids is 2. The molecule has 4 rings (SSSR count). The number of methoxy groups -OCH3 is 1. The highest BCUT2D eigenvalue weighted by Gasteiger charge is 2.34. The molecular formula is C25H21ClN2O4. The summed E-state index contributed by atoms with van der Waals surface area (Å²) < 4.78 is 11.3. The number of hydrogen-bond donors (Lipinski definition) is 1. The van der Waals surface area contributed by atoms with Gasteiger partial charge in [-0.25, -0.2) is 5.01 Å². The average molecular weight is 449 g/mol. The summed E-state index contributed by atoms with van der Waals surface area (Å²) in [5, 5.41) is 1.91. The maximum atomic E-state index is 12.8. The second-order valence-corrected chi connectivity index (χ2v) is 7.74. The molecule has 0 unspecified atom stereocenters. The Labute approximate surface area is 191 Å². The van der Waals surface area contributed by atoms with E-state index in [1.54, 1.807) is 42.5 Å². The third kappa shape index (κ3) is 4.60. The summed E-state index contributed by atoms with van der Waals surface area (Å²) in [5.41, 5.74) is 5.92. The number of hydrogen-bond acceptors (Lipinski definition) is 4. The normalized spacial score (nSPS) is 14.6. The van der Waals surface area contributed by atoms with Crippen molar-refractivity contribution in [2.24, 2.45) is 0 Å². The highest BCUT2D eigenvalue weighted by Crippen LogP contribution is 2.30. The summed E-state index contributed by atoms with van der Waals surface area (Å²) in [6, 6.07) is 19.9. The fourth-order valence-electron chi connectivity index (χ4n) is 3.23. The molecule has 1 N–H and O–H groups in total. The van der Waals surface area contributed by atoms with Crippen LogP contribution in [-0.4, -0.2) is 18.9 Å². The molecular weight excluding hydrogens is 428 g/mol. The van der Waals surface area contributed by atoms with Gasteiger partial charge in [0.2, 0.25) is 0 Å². The van der Waals surface area contributed by atoms with Gasteiger partial charge in [0.05, 0.1) is 12.8 Å². The number of nitrogens with zero attached hydrogens (tertiary/aromatic N) is 1. The minimum absolute atomic E-state index is 0.0439. The highest BCUT2D eigenvalue weighted by molar-refractivity contribution is 6.31. The molecule has 0 radical (unpaired) electrons. The van der Waals surface area contributed by atoms with Gasteiger partial charge in [-0.05, 0) is 60.5 Å². The minimum Gasteiger partial charge on any atom is -0.493 e. The van der Waals surface area contributed by atoms with Gasteiger partial charge in [-0.1, -0.05) is 47.5 Å². The number of amides is 2. The van der Waals surface area contributed by atoms with Gasteiger partial charge in [-0.2, -0.15) is 0 Å². The van der Waals surface area contributed by atoms with Crippen molar-refractivity contribution in [3.05, 3.63) is 94.0 Å². The van der Waals surface area contributed by atoms with Crippen LogP contribution in [0.5, 0.6) is 11.5 Å². The molecule has 1 heterocycles. The highest BCUT2D eigenvalue weighted by atomic mass is 35.5. The molecule has 0 aromatic heterocycles. The first-order valence-corrected chi connectivity index (χ1v) is 10.3. The quantitative estimate of drug-likeness (QED) is 0.438. The largest absolute Gasteiger partial charge is 0.493 e. The summed E-state index contributed by atoms with van der Waals surface area (Å²) in [6.07, 6.45) is 1.54. The molecule has 32 heavy (non-hydrogen) atoms. The van der Waals surface area contributed by atoms with Crippen LogP contribution in [0.1, 0.15) is 16.7 Å². The van der Waals surface area contributed by atoms with Crippen molar-refractivity contribution in [3.63, 3.8) is 0 Å². The Balaban J connectivity index is 1.53. The van der Waals surface area contributed by atoms with Gasteiger partial charge in [0, 0.05) is 5.02 Å². The number of benzene rings is 3. The number of ether oxygens (including phenoxy) is 2. The lowest BCUT2D eigenvalue weighted by molar-refractivity contribution is -0.117. The van der Waals surface area contributed by atoms with Crippen molar-refractivity contribution in [1.29, 1.82) is 0 Å². The molecule has 0 spiro atoms. The van der Waals surface area contributed by atoms with Gasteiger partial charge >= 0.3 is 0 Å². The fraction of sp³-hybridized carbons (Fsp3) is 0.120. The van der Waals surface area contributed by atoms with Crippen molar-refractivity contribution in [1.82, 2.24) is 5.43 Å². The molecule has 0 bridgehead atoms. The summed E-state index contributed by atoms with van der Waals surface area (Å²) in [7, 11) is 1.54. The first kappa shape index (κ1) is 21.5. The van der Waals surface area contributed by atoms with E-state index in [4.69, 9.17) is 21.1 Å². The van der Waals surface area contributed by atoms with Crippen molar-refractivity contribution in [2.45, 2.75) is 13.5 Å². The molecule has 1 saturated heterocycles. The van der Waals surface area contributed by atoms with Crippen LogP contribution >= 0.6 is 11.6 Å². The van der Waals surface area contributed by atoms with Gasteiger partial charge < -0.3 is 9.47 Å². The van der Waals surface area contributed by atoms with Crippen LogP contribution in [0.2, 0.25) is 5.02 Å². The molecule has 1 aliphatic rings. The van der Waals surface area contributed by atoms with Crippen LogP contribution in [0, 0.1) is 6.92 Å². The van der Waals surface area contributed by atoms with Crippen molar-refractivity contribution in [3.8, 4) is 11.5 Å². The van der Waals surface area contributed by atoms with E-state index in [9.17, 15) is 9.59 Å². The first-order chi connectivity index (χ1) is 15.4. The summed E-state index contributed by atoms with van der Waals surface area (Å²) in [4.78, 5) is 25.3. The molecule has 0 aliphatic carbocycles. The first-order valence-electron chi connectivity index (χ1n) is 9.93. The van der Waals surface area contributed by atoms with Gasteiger partial charge in [0.15, 0.2) is 11.5 Å². The van der Waals surface area contributed by atoms with E-state index in [1.165, 1.54) is 18.2 Å². The van der Waals surface area contributed by atoms with Crippen molar-refractivity contribution < 1.29 is 19.1 Å². The van der Waals surface area contributed by atoms with Crippen LogP contribution < -0.4 is 19.9 Å². The predicted molar refractivity (Wildman–Crippen MR) is 124 cm³/mol. The molecule has 7 heteroatoms. The topological polar surface area (TPSA) is 67.9 Å². The maximum Gasteiger partial charge on any atom is 0.282 e. The summed E-state index contributed by atoms with van der Waals surface area (Å²) >= 11 is 5.91. The van der Waals surface area contributed by atoms with Crippen LogP contribution in [0.3, 0.4) is 0 Å². The number of rotatable bonds is 6. The summed E-state index contributed by atoms with van der Waals surface area (Å²) in [6.45, 7) is 2.30. The van der Waals surface area contributed by atoms with Crippen LogP contribution in [0.15, 0.2) is 72.3 Å². The monoisotopic (exact) mass is 448 g/mol. The van der Waals surface area contributed by atoms with Crippen LogP contribution in [0.4, 0.5) is 5.69 Å². The molecule has 3 aromatic rings. The Morgan fingerprint density at radius 3 is 2.38 bits per heavy atom. The SMILES string of the molecule is COc1cc(C=C2C(=O)NN(c3ccc(C)cc3)C2=O)ccc1OCc1ccc(Cl)cc1. The summed E-state index contributed by atoms with van der Waals surface area (Å²) in [5.74, 6) is 0.168. The molecule has 0 saturated carbocycles. The molecule has 2 amide bonds. The number of hydrazine groups is 1. The third-order valence-corrected chi connectivity index (χ3v) is 5.24. The number of aryl methyl sites for hydroxylation is 1. The second kappa shape index (κ2) is 9.16. The number of halogens is 1.